The van der Waals surface area contributed by atoms with Gasteiger partial charge in [0, 0.05) is 24.1 Å². The largest absolute Gasteiger partial charge is 0.490 e. The number of ether oxygens (including phenoxy) is 1. The average molecular weight is 231 g/mol. The minimum atomic E-state index is 0.320. The van der Waals surface area contributed by atoms with Gasteiger partial charge in [-0.2, -0.15) is 0 Å². The molecule has 0 amide bonds. The van der Waals surface area contributed by atoms with E-state index in [9.17, 15) is 0 Å². The summed E-state index contributed by atoms with van der Waals surface area (Å²) in [6.07, 6.45) is 4.09. The number of aryl methyl sites for hydroxylation is 2. The van der Waals surface area contributed by atoms with E-state index in [1.54, 1.807) is 0 Å². The molecule has 0 bridgehead atoms. The summed E-state index contributed by atoms with van der Waals surface area (Å²) in [4.78, 5) is 0. The summed E-state index contributed by atoms with van der Waals surface area (Å²) in [6, 6.07) is 5.73. The third-order valence-electron chi connectivity index (χ3n) is 3.91. The van der Waals surface area contributed by atoms with E-state index in [1.165, 1.54) is 29.5 Å². The maximum atomic E-state index is 5.96. The molecule has 1 aliphatic heterocycles. The van der Waals surface area contributed by atoms with Crippen molar-refractivity contribution in [2.24, 2.45) is 0 Å². The molecule has 2 heteroatoms. The SMILES string of the molecule is Cc1cc2c(cc1C)C(NC1CC1)CC(C)O2. The van der Waals surface area contributed by atoms with Gasteiger partial charge < -0.3 is 10.1 Å². The van der Waals surface area contributed by atoms with E-state index in [1.807, 2.05) is 0 Å². The molecule has 1 saturated carbocycles. The van der Waals surface area contributed by atoms with Crippen LogP contribution in [0.2, 0.25) is 0 Å². The molecule has 2 atom stereocenters. The highest BCUT2D eigenvalue weighted by molar-refractivity contribution is 5.45. The van der Waals surface area contributed by atoms with Crippen LogP contribution in [-0.2, 0) is 0 Å². The first kappa shape index (κ1) is 11.1. The summed E-state index contributed by atoms with van der Waals surface area (Å²) in [5.74, 6) is 1.09. The molecule has 1 aromatic carbocycles. The third kappa shape index (κ3) is 2.19. The Morgan fingerprint density at radius 1 is 1.18 bits per heavy atom. The fourth-order valence-corrected chi connectivity index (χ4v) is 2.60. The maximum absolute atomic E-state index is 5.96. The molecule has 3 rings (SSSR count). The van der Waals surface area contributed by atoms with Crippen LogP contribution in [0.4, 0.5) is 0 Å². The maximum Gasteiger partial charge on any atom is 0.124 e. The molecular weight excluding hydrogens is 210 g/mol. The van der Waals surface area contributed by atoms with Gasteiger partial charge in [-0.1, -0.05) is 6.07 Å². The van der Waals surface area contributed by atoms with Crippen LogP contribution in [0.3, 0.4) is 0 Å². The average Bonchev–Trinajstić information content (AvgIpc) is 3.05. The zero-order valence-electron chi connectivity index (χ0n) is 10.9. The van der Waals surface area contributed by atoms with Gasteiger partial charge in [0.25, 0.3) is 0 Å². The molecule has 17 heavy (non-hydrogen) atoms. The molecule has 2 nitrogen and oxygen atoms in total. The molecule has 2 unspecified atom stereocenters. The minimum Gasteiger partial charge on any atom is -0.490 e. The van der Waals surface area contributed by atoms with Gasteiger partial charge in [0.2, 0.25) is 0 Å². The molecule has 0 radical (unpaired) electrons. The molecule has 92 valence electrons. The highest BCUT2D eigenvalue weighted by Crippen LogP contribution is 2.38. The molecule has 0 spiro atoms. The molecule has 1 aromatic rings. The second-order valence-electron chi connectivity index (χ2n) is 5.63. The highest BCUT2D eigenvalue weighted by atomic mass is 16.5. The van der Waals surface area contributed by atoms with Crippen LogP contribution < -0.4 is 10.1 Å². The van der Waals surface area contributed by atoms with Crippen molar-refractivity contribution < 1.29 is 4.74 Å². The summed E-state index contributed by atoms with van der Waals surface area (Å²) in [7, 11) is 0. The van der Waals surface area contributed by atoms with Crippen LogP contribution in [0.5, 0.6) is 5.75 Å². The van der Waals surface area contributed by atoms with E-state index >= 15 is 0 Å². The van der Waals surface area contributed by atoms with Crippen LogP contribution in [0.1, 0.15) is 48.9 Å². The lowest BCUT2D eigenvalue weighted by Crippen LogP contribution is -2.32. The Kier molecular flexibility index (Phi) is 2.62. The second-order valence-corrected chi connectivity index (χ2v) is 5.63. The van der Waals surface area contributed by atoms with Gasteiger partial charge in [-0.05, 0) is 50.8 Å². The van der Waals surface area contributed by atoms with E-state index in [0.717, 1.165) is 18.2 Å². The van der Waals surface area contributed by atoms with Gasteiger partial charge in [-0.3, -0.25) is 0 Å². The first-order valence-electron chi connectivity index (χ1n) is 6.67. The minimum absolute atomic E-state index is 0.320. The van der Waals surface area contributed by atoms with Crippen LogP contribution in [0.25, 0.3) is 0 Å². The Morgan fingerprint density at radius 2 is 1.88 bits per heavy atom. The van der Waals surface area contributed by atoms with E-state index < -0.39 is 0 Å². The van der Waals surface area contributed by atoms with Crippen LogP contribution >= 0.6 is 0 Å². The van der Waals surface area contributed by atoms with Crippen molar-refractivity contribution in [1.29, 1.82) is 0 Å². The molecule has 0 aromatic heterocycles. The normalized spacial score (nSPS) is 27.5. The van der Waals surface area contributed by atoms with Crippen molar-refractivity contribution in [3.63, 3.8) is 0 Å². The van der Waals surface area contributed by atoms with Gasteiger partial charge in [-0.15, -0.1) is 0 Å². The van der Waals surface area contributed by atoms with Crippen molar-refractivity contribution >= 4 is 0 Å². The second kappa shape index (κ2) is 4.02. The number of hydrogen-bond acceptors (Lipinski definition) is 2. The third-order valence-corrected chi connectivity index (χ3v) is 3.91. The topological polar surface area (TPSA) is 21.3 Å². The quantitative estimate of drug-likeness (QED) is 0.843. The van der Waals surface area contributed by atoms with Crippen molar-refractivity contribution in [1.82, 2.24) is 5.32 Å². The number of hydrogen-bond donors (Lipinski definition) is 1. The van der Waals surface area contributed by atoms with E-state index in [-0.39, 0.29) is 0 Å². The van der Waals surface area contributed by atoms with Crippen LogP contribution in [0.15, 0.2) is 12.1 Å². The monoisotopic (exact) mass is 231 g/mol. The van der Waals surface area contributed by atoms with Crippen molar-refractivity contribution in [3.05, 3.63) is 28.8 Å². The van der Waals surface area contributed by atoms with Gasteiger partial charge in [-0.25, -0.2) is 0 Å². The Bertz CT molecular complexity index is 437. The first-order chi connectivity index (χ1) is 8.13. The van der Waals surface area contributed by atoms with Crippen molar-refractivity contribution in [2.75, 3.05) is 0 Å². The molecule has 2 aliphatic rings. The zero-order chi connectivity index (χ0) is 12.0. The fourth-order valence-electron chi connectivity index (χ4n) is 2.60. The van der Waals surface area contributed by atoms with E-state index in [0.29, 0.717) is 12.1 Å². The molecular formula is C15H21NO. The lowest BCUT2D eigenvalue weighted by atomic mass is 9.93. The van der Waals surface area contributed by atoms with E-state index in [4.69, 9.17) is 4.74 Å². The molecule has 1 N–H and O–H groups in total. The summed E-state index contributed by atoms with van der Waals surface area (Å²) >= 11 is 0. The molecule has 1 aliphatic carbocycles. The number of nitrogens with one attached hydrogen (secondary N) is 1. The number of fused-ring (bicyclic) bond motifs is 1. The Hall–Kier alpha value is -1.02. The molecule has 1 fully saturated rings. The molecule has 0 saturated heterocycles. The van der Waals surface area contributed by atoms with Crippen molar-refractivity contribution in [3.8, 4) is 5.75 Å². The smallest absolute Gasteiger partial charge is 0.124 e. The van der Waals surface area contributed by atoms with Gasteiger partial charge in [0.05, 0.1) is 6.10 Å². The number of benzene rings is 1. The summed E-state index contributed by atoms with van der Waals surface area (Å²) in [5.41, 5.74) is 4.05. The Labute approximate surface area is 103 Å². The first-order valence-corrected chi connectivity index (χ1v) is 6.67. The lowest BCUT2D eigenvalue weighted by molar-refractivity contribution is 0.165. The number of rotatable bonds is 2. The van der Waals surface area contributed by atoms with Crippen LogP contribution in [-0.4, -0.2) is 12.1 Å². The summed E-state index contributed by atoms with van der Waals surface area (Å²) in [6.45, 7) is 6.50. The summed E-state index contributed by atoms with van der Waals surface area (Å²) in [5, 5.41) is 3.75. The predicted molar refractivity (Wildman–Crippen MR) is 69.5 cm³/mol. The fraction of sp³-hybridized carbons (Fsp3) is 0.600. The Balaban J connectivity index is 1.95. The Morgan fingerprint density at radius 3 is 2.59 bits per heavy atom. The van der Waals surface area contributed by atoms with Gasteiger partial charge >= 0.3 is 0 Å². The molecule has 1 heterocycles. The highest BCUT2D eigenvalue weighted by Gasteiger charge is 2.31. The van der Waals surface area contributed by atoms with Gasteiger partial charge in [0.1, 0.15) is 5.75 Å². The predicted octanol–water partition coefficient (Wildman–Crippen LogP) is 3.27. The van der Waals surface area contributed by atoms with Crippen LogP contribution in [0, 0.1) is 13.8 Å². The van der Waals surface area contributed by atoms with E-state index in [2.05, 4.69) is 38.2 Å². The summed E-state index contributed by atoms with van der Waals surface area (Å²) < 4.78 is 5.96. The van der Waals surface area contributed by atoms with Gasteiger partial charge in [0.15, 0.2) is 0 Å². The lowest BCUT2D eigenvalue weighted by Gasteiger charge is -2.32. The standard InChI is InChI=1S/C15H21NO/c1-9-6-13-14(16-12-4-5-12)8-11(3)17-15(13)7-10(9)2/h6-7,11-12,14,16H,4-5,8H2,1-3H3. The van der Waals surface area contributed by atoms with Crippen molar-refractivity contribution in [2.45, 2.75) is 58.2 Å². The zero-order valence-corrected chi connectivity index (χ0v) is 10.9.